The summed E-state index contributed by atoms with van der Waals surface area (Å²) in [5.74, 6) is -0.0780. The van der Waals surface area contributed by atoms with Gasteiger partial charge in [0.05, 0.1) is 36.8 Å². The zero-order valence-corrected chi connectivity index (χ0v) is 11.7. The van der Waals surface area contributed by atoms with E-state index in [1.807, 2.05) is 13.0 Å². The number of rotatable bonds is 6. The van der Waals surface area contributed by atoms with Gasteiger partial charge in [-0.1, -0.05) is 13.0 Å². The van der Waals surface area contributed by atoms with Crippen LogP contribution >= 0.6 is 11.7 Å². The molecule has 1 heterocycles. The highest BCUT2D eigenvalue weighted by Gasteiger charge is 2.15. The second-order valence-electron chi connectivity index (χ2n) is 4.12. The Morgan fingerprint density at radius 1 is 1.47 bits per heavy atom. The normalized spacial score (nSPS) is 12.4. The molecule has 0 radical (unpaired) electrons. The Morgan fingerprint density at radius 2 is 2.32 bits per heavy atom. The van der Waals surface area contributed by atoms with Gasteiger partial charge in [-0.2, -0.15) is 8.75 Å². The van der Waals surface area contributed by atoms with E-state index in [1.54, 1.807) is 12.3 Å². The fourth-order valence-corrected chi connectivity index (χ4v) is 2.40. The predicted molar refractivity (Wildman–Crippen MR) is 73.0 cm³/mol. The molecule has 0 bridgehead atoms. The summed E-state index contributed by atoms with van der Waals surface area (Å²) >= 11 is 1.18. The molecule has 0 aliphatic heterocycles. The lowest BCUT2D eigenvalue weighted by Crippen LogP contribution is -2.23. The second kappa shape index (κ2) is 6.58. The first-order chi connectivity index (χ1) is 9.24. The van der Waals surface area contributed by atoms with E-state index in [2.05, 4.69) is 14.1 Å². The van der Waals surface area contributed by atoms with Gasteiger partial charge in [0.15, 0.2) is 11.6 Å². The Labute approximate surface area is 116 Å². The number of methoxy groups -OCH3 is 1. The van der Waals surface area contributed by atoms with Crippen LogP contribution in [0.2, 0.25) is 0 Å². The van der Waals surface area contributed by atoms with Crippen molar-refractivity contribution in [2.45, 2.75) is 19.4 Å². The fourth-order valence-electron chi connectivity index (χ4n) is 1.93. The van der Waals surface area contributed by atoms with Crippen molar-refractivity contribution < 1.29 is 9.13 Å². The van der Waals surface area contributed by atoms with Crippen molar-refractivity contribution in [3.8, 4) is 5.75 Å². The number of benzene rings is 1. The lowest BCUT2D eigenvalue weighted by Gasteiger charge is -2.15. The zero-order chi connectivity index (χ0) is 13.7. The smallest absolute Gasteiger partial charge is 0.165 e. The van der Waals surface area contributed by atoms with Crippen molar-refractivity contribution in [1.29, 1.82) is 0 Å². The average Bonchev–Trinajstić information content (AvgIpc) is 2.92. The van der Waals surface area contributed by atoms with Gasteiger partial charge in [0.1, 0.15) is 0 Å². The third-order valence-corrected chi connectivity index (χ3v) is 3.33. The maximum absolute atomic E-state index is 13.7. The molecular weight excluding hydrogens is 265 g/mol. The lowest BCUT2D eigenvalue weighted by molar-refractivity contribution is 0.386. The van der Waals surface area contributed by atoms with Crippen molar-refractivity contribution in [1.82, 2.24) is 14.1 Å². The van der Waals surface area contributed by atoms with Gasteiger partial charge < -0.3 is 10.1 Å². The van der Waals surface area contributed by atoms with Gasteiger partial charge in [0, 0.05) is 0 Å². The first kappa shape index (κ1) is 13.9. The molecule has 1 unspecified atom stereocenters. The van der Waals surface area contributed by atoms with Crippen LogP contribution in [0.3, 0.4) is 0 Å². The molecule has 6 heteroatoms. The van der Waals surface area contributed by atoms with E-state index >= 15 is 0 Å². The minimum Gasteiger partial charge on any atom is -0.494 e. The van der Waals surface area contributed by atoms with E-state index in [0.717, 1.165) is 17.8 Å². The van der Waals surface area contributed by atoms with Crippen molar-refractivity contribution in [3.63, 3.8) is 0 Å². The molecule has 0 saturated heterocycles. The molecule has 19 heavy (non-hydrogen) atoms. The molecule has 0 spiro atoms. The maximum Gasteiger partial charge on any atom is 0.165 e. The van der Waals surface area contributed by atoms with Gasteiger partial charge in [-0.05, 0) is 30.7 Å². The summed E-state index contributed by atoms with van der Waals surface area (Å²) in [4.78, 5) is 0. The first-order valence-electron chi connectivity index (χ1n) is 6.07. The molecule has 1 N–H and O–H groups in total. The van der Waals surface area contributed by atoms with Gasteiger partial charge in [-0.15, -0.1) is 0 Å². The van der Waals surface area contributed by atoms with Crippen LogP contribution in [0.15, 0.2) is 24.4 Å². The van der Waals surface area contributed by atoms with Crippen LogP contribution < -0.4 is 10.1 Å². The standard InChI is InChI=1S/C13H16FN3OS/c1-3-15-11(12-8-16-19-17-12)7-9-4-5-13(18-2)10(14)6-9/h4-6,8,11,15H,3,7H2,1-2H3. The van der Waals surface area contributed by atoms with Crippen LogP contribution in [0.25, 0.3) is 0 Å². The van der Waals surface area contributed by atoms with E-state index in [-0.39, 0.29) is 17.6 Å². The molecule has 0 amide bonds. The third-order valence-electron chi connectivity index (χ3n) is 2.84. The molecule has 0 aliphatic carbocycles. The van der Waals surface area contributed by atoms with Crippen LogP contribution in [0.4, 0.5) is 4.39 Å². The van der Waals surface area contributed by atoms with Crippen molar-refractivity contribution in [2.75, 3.05) is 13.7 Å². The lowest BCUT2D eigenvalue weighted by atomic mass is 10.0. The van der Waals surface area contributed by atoms with E-state index in [1.165, 1.54) is 24.9 Å². The Bertz CT molecular complexity index is 519. The molecule has 2 rings (SSSR count). The van der Waals surface area contributed by atoms with Gasteiger partial charge in [-0.25, -0.2) is 4.39 Å². The Hall–Kier alpha value is -1.53. The van der Waals surface area contributed by atoms with Crippen LogP contribution in [0.1, 0.15) is 24.2 Å². The number of nitrogens with one attached hydrogen (secondary N) is 1. The Morgan fingerprint density at radius 3 is 2.89 bits per heavy atom. The van der Waals surface area contributed by atoms with E-state index in [4.69, 9.17) is 4.74 Å². The van der Waals surface area contributed by atoms with Crippen LogP contribution in [0.5, 0.6) is 5.75 Å². The summed E-state index contributed by atoms with van der Waals surface area (Å²) in [5, 5.41) is 3.33. The number of hydrogen-bond donors (Lipinski definition) is 1. The summed E-state index contributed by atoms with van der Waals surface area (Å²) < 4.78 is 26.8. The SMILES string of the molecule is CCNC(Cc1ccc(OC)c(F)c1)c1cnsn1. The minimum atomic E-state index is -0.341. The van der Waals surface area contributed by atoms with Crippen molar-refractivity contribution in [2.24, 2.45) is 0 Å². The number of ether oxygens (including phenoxy) is 1. The molecule has 1 aromatic heterocycles. The van der Waals surface area contributed by atoms with Crippen LogP contribution in [-0.4, -0.2) is 22.4 Å². The number of hydrogen-bond acceptors (Lipinski definition) is 5. The highest BCUT2D eigenvalue weighted by atomic mass is 32.1. The summed E-state index contributed by atoms with van der Waals surface area (Å²) in [6.45, 7) is 2.85. The Balaban J connectivity index is 2.15. The molecule has 102 valence electrons. The van der Waals surface area contributed by atoms with E-state index < -0.39 is 0 Å². The zero-order valence-electron chi connectivity index (χ0n) is 10.9. The molecule has 4 nitrogen and oxygen atoms in total. The van der Waals surface area contributed by atoms with Gasteiger partial charge in [0.2, 0.25) is 0 Å². The van der Waals surface area contributed by atoms with Crippen LogP contribution in [-0.2, 0) is 6.42 Å². The highest BCUT2D eigenvalue weighted by molar-refractivity contribution is 6.99. The van der Waals surface area contributed by atoms with E-state index in [0.29, 0.717) is 6.42 Å². The number of halogens is 1. The predicted octanol–water partition coefficient (Wildman–Crippen LogP) is 2.58. The quantitative estimate of drug-likeness (QED) is 0.884. The van der Waals surface area contributed by atoms with E-state index in [9.17, 15) is 4.39 Å². The molecular formula is C13H16FN3OS. The van der Waals surface area contributed by atoms with Crippen molar-refractivity contribution in [3.05, 3.63) is 41.5 Å². The maximum atomic E-state index is 13.7. The topological polar surface area (TPSA) is 47.0 Å². The highest BCUT2D eigenvalue weighted by Crippen LogP contribution is 2.22. The third kappa shape index (κ3) is 3.48. The van der Waals surface area contributed by atoms with Gasteiger partial charge >= 0.3 is 0 Å². The number of aromatic nitrogens is 2. The summed E-state index contributed by atoms with van der Waals surface area (Å²) in [6, 6.07) is 5.07. The minimum absolute atomic E-state index is 0.0524. The average molecular weight is 281 g/mol. The number of nitrogens with zero attached hydrogens (tertiary/aromatic N) is 2. The van der Waals surface area contributed by atoms with Gasteiger partial charge in [-0.3, -0.25) is 0 Å². The molecule has 0 saturated carbocycles. The van der Waals surface area contributed by atoms with Gasteiger partial charge in [0.25, 0.3) is 0 Å². The monoisotopic (exact) mass is 281 g/mol. The first-order valence-corrected chi connectivity index (χ1v) is 6.81. The molecule has 1 atom stereocenters. The fraction of sp³-hybridized carbons (Fsp3) is 0.385. The Kier molecular flexibility index (Phi) is 4.81. The molecule has 0 aliphatic rings. The molecule has 0 fully saturated rings. The molecule has 2 aromatic rings. The largest absolute Gasteiger partial charge is 0.494 e. The number of likely N-dealkylation sites (N-methyl/N-ethyl adjacent to an activating group) is 1. The summed E-state index contributed by atoms with van der Waals surface area (Å²) in [6.07, 6.45) is 2.41. The van der Waals surface area contributed by atoms with Crippen molar-refractivity contribution >= 4 is 11.7 Å². The summed E-state index contributed by atoms with van der Waals surface area (Å²) in [5.41, 5.74) is 1.79. The van der Waals surface area contributed by atoms with Crippen LogP contribution in [0, 0.1) is 5.82 Å². The summed E-state index contributed by atoms with van der Waals surface area (Å²) in [7, 11) is 1.46. The second-order valence-corrected chi connectivity index (χ2v) is 4.67. The molecule has 1 aromatic carbocycles.